The van der Waals surface area contributed by atoms with E-state index in [2.05, 4.69) is 25.8 Å². The molecule has 1 amide bonds. The number of nitrogens with zero attached hydrogens (tertiary/aromatic N) is 5. The summed E-state index contributed by atoms with van der Waals surface area (Å²) in [5.41, 5.74) is 0.980. The van der Waals surface area contributed by atoms with Crippen molar-refractivity contribution >= 4 is 17.7 Å². The molecule has 0 aromatic carbocycles. The lowest BCUT2D eigenvalue weighted by atomic mass is 10.3. The van der Waals surface area contributed by atoms with E-state index in [4.69, 9.17) is 0 Å². The van der Waals surface area contributed by atoms with Crippen LogP contribution in [0.5, 0.6) is 0 Å². The van der Waals surface area contributed by atoms with Crippen LogP contribution in [0, 0.1) is 0 Å². The number of rotatable bonds is 6. The van der Waals surface area contributed by atoms with E-state index in [1.165, 1.54) is 11.8 Å². The molecule has 1 aliphatic carbocycles. The zero-order valence-electron chi connectivity index (χ0n) is 10.8. The molecule has 1 aliphatic rings. The molecule has 104 valence electrons. The lowest BCUT2D eigenvalue weighted by molar-refractivity contribution is -0.118. The van der Waals surface area contributed by atoms with Gasteiger partial charge in [0.1, 0.15) is 0 Å². The summed E-state index contributed by atoms with van der Waals surface area (Å²) < 4.78 is 1.80. The molecule has 0 radical (unpaired) electrons. The van der Waals surface area contributed by atoms with Crippen molar-refractivity contribution in [3.8, 4) is 0 Å². The molecule has 0 bridgehead atoms. The van der Waals surface area contributed by atoms with Crippen molar-refractivity contribution in [2.24, 2.45) is 0 Å². The highest BCUT2D eigenvalue weighted by atomic mass is 32.2. The molecule has 2 heterocycles. The Morgan fingerprint density at radius 2 is 2.40 bits per heavy atom. The van der Waals surface area contributed by atoms with E-state index >= 15 is 0 Å². The van der Waals surface area contributed by atoms with Crippen LogP contribution in [0.4, 0.5) is 0 Å². The molecule has 0 saturated heterocycles. The van der Waals surface area contributed by atoms with Crippen LogP contribution in [0.15, 0.2) is 29.7 Å². The van der Waals surface area contributed by atoms with Crippen LogP contribution in [-0.4, -0.2) is 36.9 Å². The van der Waals surface area contributed by atoms with Crippen LogP contribution in [-0.2, 0) is 11.3 Å². The number of amides is 1. The van der Waals surface area contributed by atoms with Crippen molar-refractivity contribution in [1.82, 2.24) is 30.5 Å². The number of aromatic nitrogens is 5. The molecule has 3 rings (SSSR count). The molecule has 1 N–H and O–H groups in total. The van der Waals surface area contributed by atoms with Gasteiger partial charge in [0.25, 0.3) is 0 Å². The lowest BCUT2D eigenvalue weighted by Crippen LogP contribution is -2.24. The van der Waals surface area contributed by atoms with Gasteiger partial charge < -0.3 is 5.32 Å². The first kappa shape index (κ1) is 13.0. The van der Waals surface area contributed by atoms with Crippen LogP contribution in [0.1, 0.15) is 24.4 Å². The molecule has 1 saturated carbocycles. The third-order valence-electron chi connectivity index (χ3n) is 2.90. The highest BCUT2D eigenvalue weighted by molar-refractivity contribution is 7.99. The van der Waals surface area contributed by atoms with Crippen molar-refractivity contribution in [3.05, 3.63) is 30.1 Å². The zero-order valence-corrected chi connectivity index (χ0v) is 11.6. The van der Waals surface area contributed by atoms with Gasteiger partial charge in [0.15, 0.2) is 0 Å². The topological polar surface area (TPSA) is 85.6 Å². The van der Waals surface area contributed by atoms with Crippen molar-refractivity contribution in [1.29, 1.82) is 0 Å². The smallest absolute Gasteiger partial charge is 0.230 e. The quantitative estimate of drug-likeness (QED) is 0.792. The SMILES string of the molecule is O=C(CSc1nnnn1C1CC1)NCc1cccnc1. The van der Waals surface area contributed by atoms with Crippen LogP contribution in [0.2, 0.25) is 0 Å². The maximum atomic E-state index is 11.8. The first-order valence-corrected chi connectivity index (χ1v) is 7.38. The summed E-state index contributed by atoms with van der Waals surface area (Å²) in [6.07, 6.45) is 5.68. The van der Waals surface area contributed by atoms with E-state index in [0.29, 0.717) is 23.5 Å². The van der Waals surface area contributed by atoms with Gasteiger partial charge in [-0.2, -0.15) is 0 Å². The summed E-state index contributed by atoms with van der Waals surface area (Å²) in [6, 6.07) is 4.19. The average molecular weight is 290 g/mol. The molecular weight excluding hydrogens is 276 g/mol. The highest BCUT2D eigenvalue weighted by Gasteiger charge is 2.28. The molecule has 0 unspecified atom stereocenters. The third-order valence-corrected chi connectivity index (χ3v) is 3.83. The second-order valence-electron chi connectivity index (χ2n) is 4.56. The van der Waals surface area contributed by atoms with E-state index in [1.807, 2.05) is 12.1 Å². The predicted octanol–water partition coefficient (Wildman–Crippen LogP) is 0.811. The fourth-order valence-corrected chi connectivity index (χ4v) is 2.49. The maximum absolute atomic E-state index is 11.8. The molecule has 0 aliphatic heterocycles. The van der Waals surface area contributed by atoms with Crippen molar-refractivity contribution in [2.45, 2.75) is 30.6 Å². The Labute approximate surface area is 120 Å². The minimum absolute atomic E-state index is 0.0378. The van der Waals surface area contributed by atoms with Crippen molar-refractivity contribution in [2.75, 3.05) is 5.75 Å². The maximum Gasteiger partial charge on any atom is 0.230 e. The molecule has 2 aromatic rings. The number of thioether (sulfide) groups is 1. The fourth-order valence-electron chi connectivity index (χ4n) is 1.71. The largest absolute Gasteiger partial charge is 0.351 e. The number of carbonyl (C=O) groups is 1. The molecule has 0 spiro atoms. The second-order valence-corrected chi connectivity index (χ2v) is 5.51. The summed E-state index contributed by atoms with van der Waals surface area (Å²) in [6.45, 7) is 0.487. The monoisotopic (exact) mass is 290 g/mol. The van der Waals surface area contributed by atoms with Gasteiger partial charge in [0, 0.05) is 18.9 Å². The van der Waals surface area contributed by atoms with E-state index in [1.54, 1.807) is 17.1 Å². The Morgan fingerprint density at radius 3 is 3.15 bits per heavy atom. The van der Waals surface area contributed by atoms with Gasteiger partial charge in [-0.15, -0.1) is 5.10 Å². The number of hydrogen-bond donors (Lipinski definition) is 1. The van der Waals surface area contributed by atoms with E-state index in [-0.39, 0.29) is 5.91 Å². The summed E-state index contributed by atoms with van der Waals surface area (Å²) in [7, 11) is 0. The van der Waals surface area contributed by atoms with Crippen LogP contribution >= 0.6 is 11.8 Å². The average Bonchev–Trinajstić information content (AvgIpc) is 3.22. The van der Waals surface area contributed by atoms with Crippen LogP contribution < -0.4 is 5.32 Å². The predicted molar refractivity (Wildman–Crippen MR) is 72.9 cm³/mol. The van der Waals surface area contributed by atoms with E-state index in [9.17, 15) is 4.79 Å². The van der Waals surface area contributed by atoms with Gasteiger partial charge in [-0.1, -0.05) is 17.8 Å². The first-order valence-electron chi connectivity index (χ1n) is 6.39. The molecule has 20 heavy (non-hydrogen) atoms. The number of carbonyl (C=O) groups excluding carboxylic acids is 1. The number of hydrogen-bond acceptors (Lipinski definition) is 6. The molecular formula is C12H14N6OS. The Balaban J connectivity index is 1.46. The van der Waals surface area contributed by atoms with E-state index in [0.717, 1.165) is 18.4 Å². The number of tetrazole rings is 1. The van der Waals surface area contributed by atoms with Crippen LogP contribution in [0.25, 0.3) is 0 Å². The van der Waals surface area contributed by atoms with Crippen LogP contribution in [0.3, 0.4) is 0 Å². The van der Waals surface area contributed by atoms with Gasteiger partial charge in [-0.3, -0.25) is 9.78 Å². The minimum atomic E-state index is -0.0378. The number of nitrogens with one attached hydrogen (secondary N) is 1. The lowest BCUT2D eigenvalue weighted by Gasteiger charge is -2.05. The normalized spacial score (nSPS) is 14.2. The summed E-state index contributed by atoms with van der Waals surface area (Å²) in [5.74, 6) is 0.275. The fraction of sp³-hybridized carbons (Fsp3) is 0.417. The summed E-state index contributed by atoms with van der Waals surface area (Å²) in [5, 5.41) is 15.1. The molecule has 8 heteroatoms. The van der Waals surface area contributed by atoms with Gasteiger partial charge in [0.05, 0.1) is 11.8 Å². The highest BCUT2D eigenvalue weighted by Crippen LogP contribution is 2.36. The van der Waals surface area contributed by atoms with Gasteiger partial charge in [-0.25, -0.2) is 4.68 Å². The summed E-state index contributed by atoms with van der Waals surface area (Å²) >= 11 is 1.36. The third kappa shape index (κ3) is 3.32. The molecule has 1 fully saturated rings. The Kier molecular flexibility index (Phi) is 3.91. The van der Waals surface area contributed by atoms with Gasteiger partial charge >= 0.3 is 0 Å². The summed E-state index contributed by atoms with van der Waals surface area (Å²) in [4.78, 5) is 15.8. The first-order chi connectivity index (χ1) is 9.83. The minimum Gasteiger partial charge on any atom is -0.351 e. The van der Waals surface area contributed by atoms with Gasteiger partial charge in [-0.05, 0) is 34.9 Å². The van der Waals surface area contributed by atoms with Gasteiger partial charge in [0.2, 0.25) is 11.1 Å². The molecule has 0 atom stereocenters. The Morgan fingerprint density at radius 1 is 1.50 bits per heavy atom. The molecule has 7 nitrogen and oxygen atoms in total. The molecule has 2 aromatic heterocycles. The Hall–Kier alpha value is -1.96. The van der Waals surface area contributed by atoms with Crippen molar-refractivity contribution < 1.29 is 4.79 Å². The van der Waals surface area contributed by atoms with Crippen molar-refractivity contribution in [3.63, 3.8) is 0 Å². The van der Waals surface area contributed by atoms with E-state index < -0.39 is 0 Å². The zero-order chi connectivity index (χ0) is 13.8. The Bertz CT molecular complexity index is 583. The second kappa shape index (κ2) is 6.00. The standard InChI is InChI=1S/C12H14N6OS/c19-11(14-7-9-2-1-5-13-6-9)8-20-12-15-16-17-18(12)10-3-4-10/h1-2,5-6,10H,3-4,7-8H2,(H,14,19). The number of pyridine rings is 1.